The lowest BCUT2D eigenvalue weighted by molar-refractivity contribution is 0.0358. The van der Waals surface area contributed by atoms with Gasteiger partial charge in [-0.15, -0.1) is 0 Å². The second-order valence-corrected chi connectivity index (χ2v) is 11.9. The van der Waals surface area contributed by atoms with Crippen molar-refractivity contribution in [2.24, 2.45) is 0 Å². The van der Waals surface area contributed by atoms with E-state index in [0.717, 1.165) is 60.0 Å². The van der Waals surface area contributed by atoms with Crippen LogP contribution in [0.5, 0.6) is 17.2 Å². The van der Waals surface area contributed by atoms with Crippen molar-refractivity contribution in [1.82, 2.24) is 4.90 Å². The summed E-state index contributed by atoms with van der Waals surface area (Å²) in [7, 11) is 0. The lowest BCUT2D eigenvalue weighted by Gasteiger charge is -2.39. The fourth-order valence-corrected chi connectivity index (χ4v) is 7.49. The predicted octanol–water partition coefficient (Wildman–Crippen LogP) is 6.99. The number of fused-ring (bicyclic) bond motifs is 3. The molecule has 38 heavy (non-hydrogen) atoms. The lowest BCUT2D eigenvalue weighted by Crippen LogP contribution is -2.49. The van der Waals surface area contributed by atoms with Gasteiger partial charge in [0, 0.05) is 48.1 Å². The van der Waals surface area contributed by atoms with Crippen LogP contribution < -0.4 is 14.2 Å². The highest BCUT2D eigenvalue weighted by atomic mass is 32.2. The third-order valence-corrected chi connectivity index (χ3v) is 9.16. The molecule has 2 atom stereocenters. The molecule has 3 heterocycles. The summed E-state index contributed by atoms with van der Waals surface area (Å²) in [6.45, 7) is 6.82. The Morgan fingerprint density at radius 2 is 1.58 bits per heavy atom. The van der Waals surface area contributed by atoms with Crippen molar-refractivity contribution >= 4 is 17.7 Å². The number of hydrogen-bond donors (Lipinski definition) is 0. The molecule has 1 amide bonds. The van der Waals surface area contributed by atoms with Gasteiger partial charge in [0.15, 0.2) is 11.5 Å². The molecule has 198 valence electrons. The van der Waals surface area contributed by atoms with Gasteiger partial charge < -0.3 is 19.1 Å². The predicted molar refractivity (Wildman–Crippen MR) is 151 cm³/mol. The fourth-order valence-electron chi connectivity index (χ4n) is 6.30. The molecular weight excluding hydrogens is 494 g/mol. The quantitative estimate of drug-likeness (QED) is 0.330. The van der Waals surface area contributed by atoms with Crippen LogP contribution in [0, 0.1) is 20.8 Å². The summed E-state index contributed by atoms with van der Waals surface area (Å²) in [5.74, 6) is 4.41. The second kappa shape index (κ2) is 10.6. The van der Waals surface area contributed by atoms with Crippen LogP contribution >= 0.6 is 11.8 Å². The smallest absolute Gasteiger partial charge is 0.254 e. The molecule has 0 spiro atoms. The van der Waals surface area contributed by atoms with Crippen molar-refractivity contribution in [2.75, 3.05) is 6.79 Å². The number of amides is 1. The van der Waals surface area contributed by atoms with Gasteiger partial charge >= 0.3 is 0 Å². The number of nitrogens with zero attached hydrogens (tertiary/aromatic N) is 1. The Balaban J connectivity index is 1.04. The first-order valence-corrected chi connectivity index (χ1v) is 14.7. The van der Waals surface area contributed by atoms with E-state index < -0.39 is 0 Å². The largest absolute Gasteiger partial charge is 0.490 e. The van der Waals surface area contributed by atoms with E-state index in [0.29, 0.717) is 0 Å². The van der Waals surface area contributed by atoms with Gasteiger partial charge in [-0.25, -0.2) is 0 Å². The maximum atomic E-state index is 13.5. The minimum atomic E-state index is 0.108. The summed E-state index contributed by atoms with van der Waals surface area (Å²) in [5, 5.41) is 0. The molecule has 6 heteroatoms. The molecule has 0 radical (unpaired) electrons. The molecule has 5 nitrogen and oxygen atoms in total. The highest BCUT2D eigenvalue weighted by Gasteiger charge is 2.44. The Labute approximate surface area is 229 Å². The molecule has 3 aromatic carbocycles. The number of aryl methyl sites for hydroxylation is 3. The topological polar surface area (TPSA) is 48.0 Å². The van der Waals surface area contributed by atoms with Crippen molar-refractivity contribution in [3.8, 4) is 17.2 Å². The van der Waals surface area contributed by atoms with E-state index in [4.69, 9.17) is 14.2 Å². The highest BCUT2D eigenvalue weighted by molar-refractivity contribution is 7.97. The molecule has 0 aromatic heterocycles. The SMILES string of the molecule is Cc1cc(C)c(CSCc2ccc(C(=O)N3[C@H]4CC[C@H]3CC(Oc3ccc5c(c3)OCO5)C4)cc2)c(C)c1. The number of piperidine rings is 1. The zero-order valence-corrected chi connectivity index (χ0v) is 23.2. The average Bonchev–Trinajstić information content (AvgIpc) is 3.47. The van der Waals surface area contributed by atoms with Crippen LogP contribution in [0.15, 0.2) is 54.6 Å². The van der Waals surface area contributed by atoms with Crippen LogP contribution in [0.3, 0.4) is 0 Å². The molecule has 3 aliphatic rings. The molecule has 2 bridgehead atoms. The number of hydrogen-bond acceptors (Lipinski definition) is 5. The maximum absolute atomic E-state index is 13.5. The van der Waals surface area contributed by atoms with Crippen LogP contribution in [-0.2, 0) is 11.5 Å². The Hall–Kier alpha value is -3.12. The van der Waals surface area contributed by atoms with Gasteiger partial charge in [-0.3, -0.25) is 4.79 Å². The van der Waals surface area contributed by atoms with Crippen LogP contribution in [0.4, 0.5) is 0 Å². The van der Waals surface area contributed by atoms with Crippen molar-refractivity contribution in [3.05, 3.63) is 88.0 Å². The molecule has 3 aliphatic heterocycles. The Morgan fingerprint density at radius 3 is 2.29 bits per heavy atom. The summed E-state index contributed by atoms with van der Waals surface area (Å²) in [5.41, 5.74) is 7.55. The second-order valence-electron chi connectivity index (χ2n) is 10.9. The van der Waals surface area contributed by atoms with E-state index >= 15 is 0 Å². The number of carbonyl (C=O) groups excluding carboxylic acids is 1. The average molecular weight is 530 g/mol. The van der Waals surface area contributed by atoms with Crippen LogP contribution in [0.2, 0.25) is 0 Å². The van der Waals surface area contributed by atoms with Gasteiger partial charge in [-0.2, -0.15) is 11.8 Å². The first-order chi connectivity index (χ1) is 18.4. The van der Waals surface area contributed by atoms with Crippen molar-refractivity contribution in [1.29, 1.82) is 0 Å². The Kier molecular flexibility index (Phi) is 7.00. The molecule has 0 aliphatic carbocycles. The number of ether oxygens (including phenoxy) is 3. The number of thioether (sulfide) groups is 1. The molecule has 0 unspecified atom stereocenters. The van der Waals surface area contributed by atoms with Gasteiger partial charge in [-0.1, -0.05) is 29.8 Å². The molecule has 6 rings (SSSR count). The fraction of sp³-hybridized carbons (Fsp3) is 0.406. The third kappa shape index (κ3) is 5.11. The minimum Gasteiger partial charge on any atom is -0.490 e. The molecule has 2 saturated heterocycles. The van der Waals surface area contributed by atoms with E-state index in [9.17, 15) is 4.79 Å². The normalized spacial score (nSPS) is 21.6. The van der Waals surface area contributed by atoms with E-state index in [1.165, 1.54) is 27.8 Å². The summed E-state index contributed by atoms with van der Waals surface area (Å²) in [6.07, 6.45) is 3.93. The Morgan fingerprint density at radius 1 is 0.895 bits per heavy atom. The highest BCUT2D eigenvalue weighted by Crippen LogP contribution is 2.40. The number of rotatable bonds is 7. The summed E-state index contributed by atoms with van der Waals surface area (Å²) >= 11 is 1.93. The molecule has 0 N–H and O–H groups in total. The molecule has 3 aromatic rings. The third-order valence-electron chi connectivity index (χ3n) is 8.13. The van der Waals surface area contributed by atoms with Gasteiger partial charge in [-0.05, 0) is 80.1 Å². The van der Waals surface area contributed by atoms with Crippen LogP contribution in [0.1, 0.15) is 63.9 Å². The molecule has 2 fully saturated rings. The van der Waals surface area contributed by atoms with Crippen molar-refractivity contribution in [3.63, 3.8) is 0 Å². The van der Waals surface area contributed by atoms with Crippen LogP contribution in [-0.4, -0.2) is 35.8 Å². The zero-order valence-electron chi connectivity index (χ0n) is 22.4. The summed E-state index contributed by atoms with van der Waals surface area (Å²) in [6, 6.07) is 19.0. The molecular formula is C32H35NO4S. The van der Waals surface area contributed by atoms with Crippen molar-refractivity contribution < 1.29 is 19.0 Å². The number of benzene rings is 3. The van der Waals surface area contributed by atoms with E-state index in [1.54, 1.807) is 0 Å². The van der Waals surface area contributed by atoms with E-state index in [1.807, 2.05) is 42.1 Å². The standard InChI is InChI=1S/C32H35NO4S/c1-20-12-21(2)29(22(3)13-20)18-38-17-23-4-6-24(7-5-23)32(34)33-25-8-9-26(33)15-28(14-25)37-27-10-11-30-31(16-27)36-19-35-30/h4-7,10-13,16,25-26,28H,8-9,14-15,17-19H2,1-3H3/t25-,26-/m0/s1. The van der Waals surface area contributed by atoms with Gasteiger partial charge in [0.1, 0.15) is 11.9 Å². The summed E-state index contributed by atoms with van der Waals surface area (Å²) in [4.78, 5) is 15.6. The van der Waals surface area contributed by atoms with Crippen LogP contribution in [0.25, 0.3) is 0 Å². The minimum absolute atomic E-state index is 0.108. The number of carbonyl (C=O) groups is 1. The summed E-state index contributed by atoms with van der Waals surface area (Å²) < 4.78 is 17.2. The first kappa shape index (κ1) is 25.2. The van der Waals surface area contributed by atoms with E-state index in [-0.39, 0.29) is 30.9 Å². The first-order valence-electron chi connectivity index (χ1n) is 13.6. The van der Waals surface area contributed by atoms with Crippen molar-refractivity contribution in [2.45, 2.75) is 76.1 Å². The Bertz CT molecular complexity index is 1300. The van der Waals surface area contributed by atoms with Gasteiger partial charge in [0.25, 0.3) is 5.91 Å². The molecule has 0 saturated carbocycles. The monoisotopic (exact) mass is 529 g/mol. The zero-order chi connectivity index (χ0) is 26.2. The van der Waals surface area contributed by atoms with Gasteiger partial charge in [0.2, 0.25) is 6.79 Å². The van der Waals surface area contributed by atoms with E-state index in [2.05, 4.69) is 49.9 Å². The maximum Gasteiger partial charge on any atom is 0.254 e. The van der Waals surface area contributed by atoms with Gasteiger partial charge in [0.05, 0.1) is 0 Å². The lowest BCUT2D eigenvalue weighted by atomic mass is 9.98.